The number of carboxylic acid groups (broad SMARTS) is 1. The van der Waals surface area contributed by atoms with Gasteiger partial charge in [0.15, 0.2) is 11.2 Å². The second kappa shape index (κ2) is 8.27. The van der Waals surface area contributed by atoms with Gasteiger partial charge in [-0.3, -0.25) is 0 Å². The molecule has 5 rings (SSSR count). The van der Waals surface area contributed by atoms with Crippen LogP contribution in [0.25, 0.3) is 22.5 Å². The van der Waals surface area contributed by atoms with Gasteiger partial charge < -0.3 is 15.6 Å². The number of aliphatic carboxylic acids is 1. The quantitative estimate of drug-likeness (QED) is 0.415. The summed E-state index contributed by atoms with van der Waals surface area (Å²) >= 11 is 3.60. The summed E-state index contributed by atoms with van der Waals surface area (Å²) in [6.07, 6.45) is 7.56. The van der Waals surface area contributed by atoms with Gasteiger partial charge in [0.2, 0.25) is 0 Å². The van der Waals surface area contributed by atoms with Gasteiger partial charge in [-0.05, 0) is 53.7 Å². The summed E-state index contributed by atoms with van der Waals surface area (Å²) in [7, 11) is 1.46. The van der Waals surface area contributed by atoms with E-state index in [1.54, 1.807) is 21.6 Å². The Morgan fingerprint density at radius 1 is 1.21 bits per heavy atom. The lowest BCUT2D eigenvalue weighted by Gasteiger charge is -2.35. The second-order valence-corrected chi connectivity index (χ2v) is 9.07. The van der Waals surface area contributed by atoms with Gasteiger partial charge in [-0.25, -0.2) is 14.5 Å². The molecule has 3 aromatic heterocycles. The highest BCUT2D eigenvalue weighted by Crippen LogP contribution is 2.43. The number of rotatable bonds is 5. The van der Waals surface area contributed by atoms with E-state index in [1.165, 1.54) is 7.11 Å². The number of nitrogen functional groups attached to an aromatic ring is 1. The fourth-order valence-corrected chi connectivity index (χ4v) is 5.11. The van der Waals surface area contributed by atoms with Crippen LogP contribution in [0.4, 0.5) is 5.82 Å². The molecule has 0 radical (unpaired) electrons. The zero-order valence-corrected chi connectivity index (χ0v) is 19.6. The molecular weight excluding hydrogens is 488 g/mol. The average Bonchev–Trinajstić information content (AvgIpc) is 3.49. The summed E-state index contributed by atoms with van der Waals surface area (Å²) in [5, 5.41) is 18.5. The van der Waals surface area contributed by atoms with Crippen molar-refractivity contribution in [2.24, 2.45) is 0 Å². The number of anilines is 1. The number of ether oxygens (including phenoxy) is 1. The number of benzene rings is 1. The number of nitrogens with two attached hydrogens (primary N) is 1. The van der Waals surface area contributed by atoms with Gasteiger partial charge in [-0.2, -0.15) is 14.7 Å². The molecule has 10 heteroatoms. The number of halogens is 1. The second-order valence-electron chi connectivity index (χ2n) is 8.28. The van der Waals surface area contributed by atoms with Crippen molar-refractivity contribution >= 4 is 33.4 Å². The zero-order valence-electron chi connectivity index (χ0n) is 18.0. The topological polar surface area (TPSA) is 121 Å². The molecule has 1 fully saturated rings. The Kier molecular flexibility index (Phi) is 5.41. The van der Waals surface area contributed by atoms with Crippen LogP contribution in [0, 0.1) is 0 Å². The summed E-state index contributed by atoms with van der Waals surface area (Å²) in [5.74, 6) is -0.401. The molecule has 1 aliphatic carbocycles. The van der Waals surface area contributed by atoms with E-state index in [4.69, 9.17) is 15.5 Å². The van der Waals surface area contributed by atoms with Crippen LogP contribution in [0.15, 0.2) is 53.4 Å². The van der Waals surface area contributed by atoms with Gasteiger partial charge in [0.1, 0.15) is 5.82 Å². The Morgan fingerprint density at radius 3 is 2.61 bits per heavy atom. The average molecular weight is 511 g/mol. The maximum absolute atomic E-state index is 11.7. The first-order valence-electron chi connectivity index (χ1n) is 10.6. The van der Waals surface area contributed by atoms with Crippen molar-refractivity contribution in [1.82, 2.24) is 24.4 Å². The van der Waals surface area contributed by atoms with Gasteiger partial charge in [0.05, 0.1) is 28.2 Å². The molecule has 1 aliphatic rings. The lowest BCUT2D eigenvalue weighted by atomic mass is 9.77. The van der Waals surface area contributed by atoms with E-state index in [0.717, 1.165) is 22.5 Å². The number of carbonyl (C=O) groups is 1. The minimum atomic E-state index is -1.13. The maximum atomic E-state index is 11.7. The van der Waals surface area contributed by atoms with E-state index >= 15 is 0 Å². The van der Waals surface area contributed by atoms with Gasteiger partial charge in [0.25, 0.3) is 0 Å². The molecule has 0 bridgehead atoms. The highest BCUT2D eigenvalue weighted by atomic mass is 79.9. The first-order valence-corrected chi connectivity index (χ1v) is 11.4. The Hall–Kier alpha value is -3.24. The maximum Gasteiger partial charge on any atom is 0.335 e. The number of hydrogen-bond acceptors (Lipinski definition) is 6. The van der Waals surface area contributed by atoms with Gasteiger partial charge in [-0.1, -0.05) is 18.2 Å². The van der Waals surface area contributed by atoms with E-state index in [1.807, 2.05) is 36.5 Å². The molecule has 0 aliphatic heterocycles. The van der Waals surface area contributed by atoms with Crippen molar-refractivity contribution < 1.29 is 14.6 Å². The SMILES string of the molecule is COC1(C(=O)O)CCC(c2nc3c(-c4cnn(-c5ccccc5)c4)cnn3c(N)c2Br)CC1. The molecule has 0 spiro atoms. The van der Waals surface area contributed by atoms with Crippen molar-refractivity contribution in [3.8, 4) is 16.8 Å². The molecule has 3 heterocycles. The Labute approximate surface area is 198 Å². The molecule has 0 amide bonds. The molecule has 3 N–H and O–H groups in total. The zero-order chi connectivity index (χ0) is 23.2. The lowest BCUT2D eigenvalue weighted by Crippen LogP contribution is -2.43. The number of carboxylic acids is 1. The number of methoxy groups -OCH3 is 1. The monoisotopic (exact) mass is 510 g/mol. The first-order chi connectivity index (χ1) is 15.9. The van der Waals surface area contributed by atoms with Crippen LogP contribution in [0.2, 0.25) is 0 Å². The van der Waals surface area contributed by atoms with E-state index < -0.39 is 11.6 Å². The molecule has 1 saturated carbocycles. The Balaban J connectivity index is 1.52. The molecular formula is C23H23BrN6O3. The van der Waals surface area contributed by atoms with Crippen LogP contribution in [-0.2, 0) is 9.53 Å². The highest BCUT2D eigenvalue weighted by molar-refractivity contribution is 9.10. The summed E-state index contributed by atoms with van der Waals surface area (Å²) in [4.78, 5) is 16.7. The van der Waals surface area contributed by atoms with Crippen LogP contribution >= 0.6 is 15.9 Å². The molecule has 33 heavy (non-hydrogen) atoms. The van der Waals surface area contributed by atoms with E-state index in [9.17, 15) is 9.90 Å². The van der Waals surface area contributed by atoms with Crippen LogP contribution in [0.5, 0.6) is 0 Å². The largest absolute Gasteiger partial charge is 0.479 e. The molecule has 1 aromatic carbocycles. The first kappa shape index (κ1) is 21.6. The number of aromatic nitrogens is 5. The fraction of sp³-hybridized carbons (Fsp3) is 0.304. The third kappa shape index (κ3) is 3.59. The summed E-state index contributed by atoms with van der Waals surface area (Å²) in [6.45, 7) is 0. The molecule has 0 atom stereocenters. The van der Waals surface area contributed by atoms with Gasteiger partial charge in [-0.15, -0.1) is 0 Å². The van der Waals surface area contributed by atoms with E-state index in [0.29, 0.717) is 41.6 Å². The third-order valence-corrected chi connectivity index (χ3v) is 7.34. The van der Waals surface area contributed by atoms with E-state index in [2.05, 4.69) is 26.1 Å². The summed E-state index contributed by atoms with van der Waals surface area (Å²) in [5.41, 5.74) is 9.39. The van der Waals surface area contributed by atoms with Crippen LogP contribution in [0.1, 0.15) is 37.3 Å². The van der Waals surface area contributed by atoms with Crippen molar-refractivity contribution in [3.63, 3.8) is 0 Å². The van der Waals surface area contributed by atoms with Crippen LogP contribution < -0.4 is 5.73 Å². The minimum absolute atomic E-state index is 0.0593. The molecule has 4 aromatic rings. The number of para-hydroxylation sites is 1. The van der Waals surface area contributed by atoms with Gasteiger partial charge in [0, 0.05) is 30.4 Å². The smallest absolute Gasteiger partial charge is 0.335 e. The number of fused-ring (bicyclic) bond motifs is 1. The summed E-state index contributed by atoms with van der Waals surface area (Å²) in [6, 6.07) is 9.86. The van der Waals surface area contributed by atoms with Crippen molar-refractivity contribution in [2.45, 2.75) is 37.2 Å². The number of nitrogens with zero attached hydrogens (tertiary/aromatic N) is 5. The molecule has 0 unspecified atom stereocenters. The molecule has 0 saturated heterocycles. The predicted molar refractivity (Wildman–Crippen MR) is 126 cm³/mol. The van der Waals surface area contributed by atoms with Crippen LogP contribution in [0.3, 0.4) is 0 Å². The van der Waals surface area contributed by atoms with E-state index in [-0.39, 0.29) is 5.92 Å². The fourth-order valence-electron chi connectivity index (χ4n) is 4.53. The van der Waals surface area contributed by atoms with Crippen molar-refractivity contribution in [2.75, 3.05) is 12.8 Å². The lowest BCUT2D eigenvalue weighted by molar-refractivity contribution is -0.166. The Bertz CT molecular complexity index is 1320. The Morgan fingerprint density at radius 2 is 1.94 bits per heavy atom. The number of hydrogen-bond donors (Lipinski definition) is 2. The minimum Gasteiger partial charge on any atom is -0.479 e. The predicted octanol–water partition coefficient (Wildman–Crippen LogP) is 4.05. The molecule has 170 valence electrons. The normalized spacial score (nSPS) is 20.8. The molecule has 9 nitrogen and oxygen atoms in total. The summed E-state index contributed by atoms with van der Waals surface area (Å²) < 4.78 is 9.48. The highest BCUT2D eigenvalue weighted by Gasteiger charge is 2.43. The van der Waals surface area contributed by atoms with Crippen molar-refractivity contribution in [3.05, 3.63) is 59.1 Å². The standard InChI is InChI=1S/C23H23BrN6O3/c1-33-23(22(31)32)9-7-14(8-10-23)19-18(24)20(25)30-21(28-19)17(12-27-30)15-11-26-29(13-15)16-5-3-2-4-6-16/h2-6,11-14H,7-10,25H2,1H3,(H,31,32). The van der Waals surface area contributed by atoms with Crippen LogP contribution in [-0.4, -0.2) is 48.2 Å². The third-order valence-electron chi connectivity index (χ3n) is 6.52. The van der Waals surface area contributed by atoms with Gasteiger partial charge >= 0.3 is 5.97 Å². The van der Waals surface area contributed by atoms with Crippen molar-refractivity contribution in [1.29, 1.82) is 0 Å².